The van der Waals surface area contributed by atoms with E-state index in [0.29, 0.717) is 11.4 Å². The molecule has 0 unspecified atom stereocenters. The number of rotatable bonds is 2. The predicted molar refractivity (Wildman–Crippen MR) is 103 cm³/mol. The lowest BCUT2D eigenvalue weighted by Gasteiger charge is -2.28. The summed E-state index contributed by atoms with van der Waals surface area (Å²) in [5, 5.41) is 5.50. The average molecular weight is 427 g/mol. The Bertz CT molecular complexity index is 737. The first-order valence-electron chi connectivity index (χ1n) is 7.75. The van der Waals surface area contributed by atoms with Crippen molar-refractivity contribution < 1.29 is 9.53 Å². The van der Waals surface area contributed by atoms with Crippen LogP contribution in [0.2, 0.25) is 0 Å². The molecule has 0 amide bonds. The minimum Gasteiger partial charge on any atom is -0.443 e. The summed E-state index contributed by atoms with van der Waals surface area (Å²) < 4.78 is 4.70. The van der Waals surface area contributed by atoms with Crippen LogP contribution in [0.25, 0.3) is 10.9 Å². The summed E-state index contributed by atoms with van der Waals surface area (Å²) in [6.07, 6.45) is 1.39. The van der Waals surface area contributed by atoms with E-state index < -0.39 is 9.89 Å². The fraction of sp³-hybridized carbons (Fsp3) is 0.500. The number of halogens is 4. The Morgan fingerprint density at radius 1 is 1.28 bits per heavy atom. The number of carbonyl (C=O) groups is 1. The second-order valence-corrected chi connectivity index (χ2v) is 8.58. The zero-order valence-electron chi connectivity index (χ0n) is 13.6. The second-order valence-electron chi connectivity index (χ2n) is 6.06. The number of nitrogens with zero attached hydrogens (tertiary/aromatic N) is 3. The molecule has 1 aliphatic heterocycles. The van der Waals surface area contributed by atoms with E-state index in [9.17, 15) is 4.79 Å². The van der Waals surface area contributed by atoms with Gasteiger partial charge in [0.15, 0.2) is 0 Å². The molecule has 0 spiro atoms. The van der Waals surface area contributed by atoms with Crippen molar-refractivity contribution in [1.82, 2.24) is 14.7 Å². The quantitative estimate of drug-likeness (QED) is 0.657. The molecule has 2 aromatic rings. The number of fused-ring (bicyclic) bond motifs is 1. The van der Waals surface area contributed by atoms with Crippen molar-refractivity contribution in [3.63, 3.8) is 0 Å². The highest BCUT2D eigenvalue weighted by Crippen LogP contribution is 2.32. The summed E-state index contributed by atoms with van der Waals surface area (Å²) in [5.41, 5.74) is 1.64. The lowest BCUT2D eigenvalue weighted by Crippen LogP contribution is -2.29. The number of alkyl halides is 3. The highest BCUT2D eigenvalue weighted by molar-refractivity contribution is 6.67. The van der Waals surface area contributed by atoms with Crippen LogP contribution in [0.15, 0.2) is 24.3 Å². The van der Waals surface area contributed by atoms with Gasteiger partial charge in [-0.15, -0.1) is 12.4 Å². The van der Waals surface area contributed by atoms with Crippen molar-refractivity contribution in [2.75, 3.05) is 26.7 Å². The first-order valence-corrected chi connectivity index (χ1v) is 8.88. The van der Waals surface area contributed by atoms with E-state index in [4.69, 9.17) is 39.5 Å². The Morgan fingerprint density at radius 2 is 1.92 bits per heavy atom. The standard InChI is InChI=1S/C16H18Cl3N3O2.ClH/c1-21-8-6-11(7-9-21)14-12-4-2-3-5-13(12)22(20-14)15(23)24-10-16(17,18)19;/h2-5,11H,6-10H2,1H3;1H. The largest absolute Gasteiger partial charge is 0.443 e. The first-order chi connectivity index (χ1) is 11.3. The van der Waals surface area contributed by atoms with Gasteiger partial charge in [0, 0.05) is 11.3 Å². The highest BCUT2D eigenvalue weighted by Gasteiger charge is 2.27. The number of ether oxygens (including phenoxy) is 1. The fourth-order valence-corrected chi connectivity index (χ4v) is 3.18. The molecule has 25 heavy (non-hydrogen) atoms. The van der Waals surface area contributed by atoms with E-state index in [-0.39, 0.29) is 19.0 Å². The Morgan fingerprint density at radius 3 is 2.56 bits per heavy atom. The Kier molecular flexibility index (Phi) is 6.85. The predicted octanol–water partition coefficient (Wildman–Crippen LogP) is 4.62. The van der Waals surface area contributed by atoms with Gasteiger partial charge in [0.25, 0.3) is 0 Å². The first kappa shape index (κ1) is 20.6. The zero-order valence-corrected chi connectivity index (χ0v) is 16.7. The maximum Gasteiger partial charge on any atom is 0.435 e. The van der Waals surface area contributed by atoms with E-state index in [2.05, 4.69) is 17.0 Å². The normalized spacial score (nSPS) is 16.6. The molecule has 1 saturated heterocycles. The van der Waals surface area contributed by atoms with Gasteiger partial charge >= 0.3 is 6.09 Å². The summed E-state index contributed by atoms with van der Waals surface area (Å²) in [6, 6.07) is 7.63. The molecule has 1 aromatic heterocycles. The summed E-state index contributed by atoms with van der Waals surface area (Å²) >= 11 is 16.9. The summed E-state index contributed by atoms with van der Waals surface area (Å²) in [4.78, 5) is 14.6. The third kappa shape index (κ3) is 4.92. The number of para-hydroxylation sites is 1. The number of piperidine rings is 1. The van der Waals surface area contributed by atoms with Crippen molar-refractivity contribution >= 4 is 64.2 Å². The van der Waals surface area contributed by atoms with E-state index in [1.165, 1.54) is 4.68 Å². The summed E-state index contributed by atoms with van der Waals surface area (Å²) in [5.74, 6) is 0.327. The minimum atomic E-state index is -1.64. The van der Waals surface area contributed by atoms with Crippen LogP contribution in [0.5, 0.6) is 0 Å². The zero-order chi connectivity index (χ0) is 17.3. The molecule has 1 fully saturated rings. The van der Waals surface area contributed by atoms with Crippen LogP contribution in [0.4, 0.5) is 4.79 Å². The molecule has 0 N–H and O–H groups in total. The molecule has 138 valence electrons. The lowest BCUT2D eigenvalue weighted by atomic mass is 9.92. The molecule has 2 heterocycles. The van der Waals surface area contributed by atoms with Crippen LogP contribution in [-0.2, 0) is 4.74 Å². The van der Waals surface area contributed by atoms with Gasteiger partial charge in [-0.3, -0.25) is 0 Å². The Hall–Kier alpha value is -0.720. The average Bonchev–Trinajstić information content (AvgIpc) is 2.92. The van der Waals surface area contributed by atoms with Gasteiger partial charge in [0.2, 0.25) is 3.79 Å². The number of hydrogen-bond acceptors (Lipinski definition) is 4. The van der Waals surface area contributed by atoms with Gasteiger partial charge in [-0.1, -0.05) is 53.0 Å². The Labute approximate surface area is 167 Å². The van der Waals surface area contributed by atoms with Crippen molar-refractivity contribution in [1.29, 1.82) is 0 Å². The molecular weight excluding hydrogens is 408 g/mol. The van der Waals surface area contributed by atoms with Gasteiger partial charge in [0.05, 0.1) is 11.2 Å². The number of carbonyl (C=O) groups excluding carboxylic acids is 1. The van der Waals surface area contributed by atoms with Gasteiger partial charge in [0.1, 0.15) is 6.61 Å². The molecule has 3 rings (SSSR count). The topological polar surface area (TPSA) is 47.4 Å². The van der Waals surface area contributed by atoms with Gasteiger partial charge in [-0.05, 0) is 39.0 Å². The van der Waals surface area contributed by atoms with Gasteiger partial charge in [-0.25, -0.2) is 4.79 Å². The molecule has 1 aliphatic rings. The van der Waals surface area contributed by atoms with Crippen LogP contribution in [-0.4, -0.2) is 51.3 Å². The van der Waals surface area contributed by atoms with Crippen molar-refractivity contribution in [3.05, 3.63) is 30.0 Å². The van der Waals surface area contributed by atoms with E-state index >= 15 is 0 Å². The molecule has 0 aliphatic carbocycles. The maximum atomic E-state index is 12.3. The summed E-state index contributed by atoms with van der Waals surface area (Å²) in [6.45, 7) is 1.71. The van der Waals surface area contributed by atoms with Crippen molar-refractivity contribution in [3.8, 4) is 0 Å². The van der Waals surface area contributed by atoms with Gasteiger partial charge < -0.3 is 9.64 Å². The number of hydrogen-bond donors (Lipinski definition) is 0. The van der Waals surface area contributed by atoms with Crippen LogP contribution in [0, 0.1) is 0 Å². The molecular formula is C16H19Cl4N3O2. The lowest BCUT2D eigenvalue weighted by molar-refractivity contribution is 0.147. The summed E-state index contributed by atoms with van der Waals surface area (Å²) in [7, 11) is 2.11. The van der Waals surface area contributed by atoms with Crippen LogP contribution >= 0.6 is 47.2 Å². The molecule has 0 saturated carbocycles. The second kappa shape index (κ2) is 8.31. The molecule has 9 heteroatoms. The van der Waals surface area contributed by atoms with Crippen LogP contribution in [0.1, 0.15) is 24.5 Å². The minimum absolute atomic E-state index is 0. The van der Waals surface area contributed by atoms with Crippen LogP contribution < -0.4 is 0 Å². The van der Waals surface area contributed by atoms with Crippen molar-refractivity contribution in [2.45, 2.75) is 22.6 Å². The number of likely N-dealkylation sites (tertiary alicyclic amines) is 1. The molecule has 0 atom stereocenters. The molecule has 0 radical (unpaired) electrons. The molecule has 0 bridgehead atoms. The third-order valence-corrected chi connectivity index (χ3v) is 4.58. The number of benzene rings is 1. The smallest absolute Gasteiger partial charge is 0.435 e. The highest BCUT2D eigenvalue weighted by atomic mass is 35.6. The Balaban J connectivity index is 0.00000225. The van der Waals surface area contributed by atoms with E-state index in [1.54, 1.807) is 0 Å². The van der Waals surface area contributed by atoms with Crippen molar-refractivity contribution in [2.24, 2.45) is 0 Å². The number of aromatic nitrogens is 2. The van der Waals surface area contributed by atoms with Crippen LogP contribution in [0.3, 0.4) is 0 Å². The third-order valence-electron chi connectivity index (χ3n) is 4.25. The fourth-order valence-electron chi connectivity index (χ4n) is 3.02. The van der Waals surface area contributed by atoms with E-state index in [0.717, 1.165) is 37.0 Å². The monoisotopic (exact) mass is 425 g/mol. The maximum absolute atomic E-state index is 12.3. The van der Waals surface area contributed by atoms with Gasteiger partial charge in [-0.2, -0.15) is 9.78 Å². The SMILES string of the molecule is CN1CCC(c2nn(C(=O)OCC(Cl)(Cl)Cl)c3ccccc23)CC1.Cl. The molecule has 5 nitrogen and oxygen atoms in total. The van der Waals surface area contributed by atoms with E-state index in [1.807, 2.05) is 24.3 Å². The molecule has 1 aromatic carbocycles.